The lowest BCUT2D eigenvalue weighted by Gasteiger charge is -2.33. The molecule has 0 spiro atoms. The van der Waals surface area contributed by atoms with E-state index in [0.29, 0.717) is 0 Å². The Morgan fingerprint density at radius 1 is 0.435 bits per heavy atom. The summed E-state index contributed by atoms with van der Waals surface area (Å²) in [5.41, 5.74) is 17.0. The van der Waals surface area contributed by atoms with Crippen LogP contribution in [0, 0.1) is 0 Å². The molecule has 3 unspecified atom stereocenters. The molecule has 0 saturated carbocycles. The van der Waals surface area contributed by atoms with Gasteiger partial charge in [0.1, 0.15) is 0 Å². The number of allylic oxidation sites excluding steroid dienone is 2. The molecule has 0 fully saturated rings. The van der Waals surface area contributed by atoms with Gasteiger partial charge in [-0.15, -0.1) is 0 Å². The Labute approximate surface area is 361 Å². The van der Waals surface area contributed by atoms with Crippen molar-refractivity contribution >= 4 is 33.5 Å². The Morgan fingerprint density at radius 3 is 1.79 bits per heavy atom. The van der Waals surface area contributed by atoms with Crippen molar-refractivity contribution in [3.8, 4) is 50.2 Å². The molecule has 9 aromatic rings. The summed E-state index contributed by atoms with van der Waals surface area (Å²) in [6, 6.07) is 70.6. The van der Waals surface area contributed by atoms with Crippen LogP contribution in [0.15, 0.2) is 236 Å². The fraction of sp³-hybridized carbons (Fsp3) is 0.0517. The molecule has 0 amide bonds. The first-order valence-electron chi connectivity index (χ1n) is 21.5. The lowest BCUT2D eigenvalue weighted by atomic mass is 9.89. The van der Waals surface area contributed by atoms with Gasteiger partial charge in [0.25, 0.3) is 0 Å². The van der Waals surface area contributed by atoms with Gasteiger partial charge < -0.3 is 14.8 Å². The molecule has 1 N–H and O–H groups in total. The summed E-state index contributed by atoms with van der Waals surface area (Å²) >= 11 is 0. The molecule has 4 heteroatoms. The Morgan fingerprint density at radius 2 is 1.02 bits per heavy atom. The van der Waals surface area contributed by atoms with Crippen LogP contribution < -0.4 is 10.2 Å². The van der Waals surface area contributed by atoms with Gasteiger partial charge in [0.2, 0.25) is 5.96 Å². The minimum absolute atomic E-state index is 0.0217. The van der Waals surface area contributed by atoms with Gasteiger partial charge in [-0.1, -0.05) is 170 Å². The Bertz CT molecular complexity index is 3260. The number of hydrogen-bond acceptors (Lipinski definition) is 3. The van der Waals surface area contributed by atoms with Crippen molar-refractivity contribution in [2.24, 2.45) is 4.99 Å². The molecule has 0 radical (unpaired) electrons. The maximum Gasteiger partial charge on any atom is 0.204 e. The average Bonchev–Trinajstić information content (AvgIpc) is 3.87. The fourth-order valence-corrected chi connectivity index (χ4v) is 9.78. The van der Waals surface area contributed by atoms with Gasteiger partial charge in [0.05, 0.1) is 23.1 Å². The molecule has 4 nitrogen and oxygen atoms in total. The van der Waals surface area contributed by atoms with Gasteiger partial charge >= 0.3 is 0 Å². The highest BCUT2D eigenvalue weighted by atomic mass is 15.3. The molecule has 1 aromatic heterocycles. The van der Waals surface area contributed by atoms with E-state index in [-0.39, 0.29) is 18.0 Å². The molecule has 0 saturated heterocycles. The number of fused-ring (bicyclic) bond motifs is 6. The van der Waals surface area contributed by atoms with Gasteiger partial charge in [-0.25, -0.2) is 4.99 Å². The Hall–Kier alpha value is -7.95. The predicted octanol–water partition coefficient (Wildman–Crippen LogP) is 14.1. The molecule has 3 heterocycles. The summed E-state index contributed by atoms with van der Waals surface area (Å²) in [7, 11) is 0. The third-order valence-corrected chi connectivity index (χ3v) is 12.8. The zero-order valence-electron chi connectivity index (χ0n) is 34.0. The average molecular weight is 795 g/mol. The molecule has 0 bridgehead atoms. The van der Waals surface area contributed by atoms with Crippen molar-refractivity contribution in [2.45, 2.75) is 18.0 Å². The van der Waals surface area contributed by atoms with E-state index in [1.165, 1.54) is 83.1 Å². The molecular weight excluding hydrogens is 753 g/mol. The second-order valence-corrected chi connectivity index (χ2v) is 16.4. The molecule has 62 heavy (non-hydrogen) atoms. The Kier molecular flexibility index (Phi) is 8.67. The van der Waals surface area contributed by atoms with E-state index in [1.54, 1.807) is 0 Å². The molecule has 2 aliphatic heterocycles. The number of guanidine groups is 1. The summed E-state index contributed by atoms with van der Waals surface area (Å²) in [6.07, 6.45) is 13.1. The maximum absolute atomic E-state index is 4.98. The number of para-hydroxylation sites is 1. The third-order valence-electron chi connectivity index (χ3n) is 12.8. The van der Waals surface area contributed by atoms with E-state index in [2.05, 4.69) is 239 Å². The standard InChI is InChI=1S/C58H42N4/c1-3-12-39(13-4-1)41-22-24-43(25-23-41)44-16-11-17-47(36-44)53-34-35-59-58(60-53)62-55-21-10-8-19-50(55)52-38-46(29-33-57(52)62)45-28-32-56-51(37-45)49-18-7-9-20-54(49)61(56)48-30-26-42(27-31-48)40-14-5-2-6-15-40/h1-38,50,53,55H,(H,59,60). The van der Waals surface area contributed by atoms with Crippen molar-refractivity contribution in [1.29, 1.82) is 0 Å². The van der Waals surface area contributed by atoms with E-state index in [0.717, 1.165) is 11.6 Å². The van der Waals surface area contributed by atoms with Crippen LogP contribution >= 0.6 is 0 Å². The van der Waals surface area contributed by atoms with Gasteiger partial charge in [0.15, 0.2) is 0 Å². The highest BCUT2D eigenvalue weighted by Gasteiger charge is 2.40. The first-order chi connectivity index (χ1) is 30.7. The summed E-state index contributed by atoms with van der Waals surface area (Å²) in [5.74, 6) is 1.07. The molecule has 3 atom stereocenters. The second-order valence-electron chi connectivity index (χ2n) is 16.4. The normalized spacial score (nSPS) is 17.5. The van der Waals surface area contributed by atoms with Crippen molar-refractivity contribution in [1.82, 2.24) is 9.88 Å². The highest BCUT2D eigenvalue weighted by molar-refractivity contribution is 6.10. The van der Waals surface area contributed by atoms with Crippen LogP contribution in [0.1, 0.15) is 23.1 Å². The molecule has 12 rings (SSSR count). The monoisotopic (exact) mass is 794 g/mol. The number of benzene rings is 8. The van der Waals surface area contributed by atoms with Gasteiger partial charge in [-0.05, 0) is 110 Å². The first kappa shape index (κ1) is 35.9. The van der Waals surface area contributed by atoms with Crippen LogP contribution in [0.3, 0.4) is 0 Å². The zero-order valence-corrected chi connectivity index (χ0v) is 34.0. The molecule has 294 valence electrons. The molecule has 3 aliphatic rings. The third kappa shape index (κ3) is 6.19. The van der Waals surface area contributed by atoms with Crippen LogP contribution in [-0.2, 0) is 0 Å². The van der Waals surface area contributed by atoms with Crippen molar-refractivity contribution < 1.29 is 0 Å². The van der Waals surface area contributed by atoms with E-state index in [9.17, 15) is 0 Å². The maximum atomic E-state index is 4.98. The lowest BCUT2D eigenvalue weighted by molar-refractivity contribution is 0.708. The number of hydrogen-bond donors (Lipinski definition) is 1. The Balaban J connectivity index is 0.847. The van der Waals surface area contributed by atoms with Crippen molar-refractivity contribution in [3.05, 3.63) is 242 Å². The molecule has 1 aliphatic carbocycles. The summed E-state index contributed by atoms with van der Waals surface area (Å²) in [4.78, 5) is 7.37. The molecular formula is C58H42N4. The van der Waals surface area contributed by atoms with Crippen LogP contribution in [-0.4, -0.2) is 16.6 Å². The van der Waals surface area contributed by atoms with Crippen molar-refractivity contribution in [2.75, 3.05) is 4.90 Å². The largest absolute Gasteiger partial charge is 0.345 e. The van der Waals surface area contributed by atoms with Crippen LogP contribution in [0.5, 0.6) is 0 Å². The number of rotatable bonds is 6. The topological polar surface area (TPSA) is 32.6 Å². The number of aliphatic imine (C=N–C) groups is 1. The smallest absolute Gasteiger partial charge is 0.204 e. The van der Waals surface area contributed by atoms with Crippen LogP contribution in [0.2, 0.25) is 0 Å². The number of nitrogens with zero attached hydrogens (tertiary/aromatic N) is 3. The minimum atomic E-state index is -0.0217. The fourth-order valence-electron chi connectivity index (χ4n) is 9.78. The minimum Gasteiger partial charge on any atom is -0.345 e. The summed E-state index contributed by atoms with van der Waals surface area (Å²) < 4.78 is 2.40. The van der Waals surface area contributed by atoms with Crippen LogP contribution in [0.25, 0.3) is 72.0 Å². The van der Waals surface area contributed by atoms with E-state index in [4.69, 9.17) is 4.99 Å². The first-order valence-corrected chi connectivity index (χ1v) is 21.5. The number of anilines is 1. The SMILES string of the molecule is C1=CC2c3cc(-c4ccc5c(c4)c4ccccc4n5-c4ccc(-c5ccccc5)cc4)ccc3N(C3=NC=CC(c4cccc(-c5ccc(-c6ccccc6)cc5)c4)N3)C2C=C1. The second kappa shape index (κ2) is 14.9. The van der Waals surface area contributed by atoms with Gasteiger partial charge in [-0.2, -0.15) is 0 Å². The number of nitrogens with one attached hydrogen (secondary N) is 1. The van der Waals surface area contributed by atoms with Crippen molar-refractivity contribution in [3.63, 3.8) is 0 Å². The molecule has 8 aromatic carbocycles. The van der Waals surface area contributed by atoms with E-state index >= 15 is 0 Å². The van der Waals surface area contributed by atoms with Gasteiger partial charge in [-0.3, -0.25) is 0 Å². The van der Waals surface area contributed by atoms with E-state index in [1.807, 2.05) is 6.20 Å². The lowest BCUT2D eigenvalue weighted by Crippen LogP contribution is -2.47. The van der Waals surface area contributed by atoms with Crippen LogP contribution in [0.4, 0.5) is 5.69 Å². The zero-order chi connectivity index (χ0) is 41.0. The predicted molar refractivity (Wildman–Crippen MR) is 259 cm³/mol. The summed E-state index contributed by atoms with van der Waals surface area (Å²) in [5, 5.41) is 6.33. The van der Waals surface area contributed by atoms with E-state index < -0.39 is 0 Å². The quantitative estimate of drug-likeness (QED) is 0.182. The van der Waals surface area contributed by atoms with Gasteiger partial charge in [0, 0.05) is 34.3 Å². The summed E-state index contributed by atoms with van der Waals surface area (Å²) in [6.45, 7) is 0. The number of aromatic nitrogens is 1. The highest BCUT2D eigenvalue weighted by Crippen LogP contribution is 2.46.